The summed E-state index contributed by atoms with van der Waals surface area (Å²) < 4.78 is 1.98. The number of aliphatic carboxylic acids is 1. The number of quaternary nitrogens is 1. The molecule has 0 saturated carbocycles. The monoisotopic (exact) mass is 243 g/mol. The predicted octanol–water partition coefficient (Wildman–Crippen LogP) is -1.74. The number of carboxylic acids is 1. The summed E-state index contributed by atoms with van der Waals surface area (Å²) in [5.74, 6) is -1.10. The van der Waals surface area contributed by atoms with E-state index in [4.69, 9.17) is 0 Å². The average molecular weight is 243 g/mol. The summed E-state index contributed by atoms with van der Waals surface area (Å²) in [6.07, 6.45) is 4.63. The van der Waals surface area contributed by atoms with Crippen LogP contribution >= 0.6 is 11.8 Å². The van der Waals surface area contributed by atoms with Gasteiger partial charge in [-0.15, -0.1) is 0 Å². The lowest BCUT2D eigenvalue weighted by Crippen LogP contribution is -3.05. The smallest absolute Gasteiger partial charge is 0.168 e. The minimum absolute atomic E-state index is 0.0457. The summed E-state index contributed by atoms with van der Waals surface area (Å²) in [5, 5.41) is 11.1. The molecule has 0 aliphatic carbocycles. The van der Waals surface area contributed by atoms with Crippen molar-refractivity contribution in [1.82, 2.24) is 9.55 Å². The van der Waals surface area contributed by atoms with Crippen molar-refractivity contribution in [3.05, 3.63) is 12.4 Å². The maximum absolute atomic E-state index is 10.3. The normalized spacial score (nSPS) is 10.9. The fourth-order valence-electron chi connectivity index (χ4n) is 1.33. The summed E-state index contributed by atoms with van der Waals surface area (Å²) >= 11 is 1.20. The van der Waals surface area contributed by atoms with Gasteiger partial charge >= 0.3 is 0 Å². The van der Waals surface area contributed by atoms with Gasteiger partial charge in [0.2, 0.25) is 0 Å². The van der Waals surface area contributed by atoms with Crippen molar-refractivity contribution in [1.29, 1.82) is 0 Å². The van der Waals surface area contributed by atoms with Crippen molar-refractivity contribution in [2.45, 2.75) is 18.1 Å². The summed E-state index contributed by atoms with van der Waals surface area (Å²) in [5.41, 5.74) is 0. The van der Waals surface area contributed by atoms with Gasteiger partial charge in [0.05, 0.1) is 26.6 Å². The number of aromatic nitrogens is 2. The summed E-state index contributed by atoms with van der Waals surface area (Å²) in [7, 11) is 4.22. The Bertz CT molecular complexity index is 339. The lowest BCUT2D eigenvalue weighted by atomic mass is 10.4. The highest BCUT2D eigenvalue weighted by Crippen LogP contribution is 2.14. The van der Waals surface area contributed by atoms with Gasteiger partial charge in [-0.25, -0.2) is 4.98 Å². The van der Waals surface area contributed by atoms with E-state index in [1.807, 2.05) is 10.8 Å². The number of aryl methyl sites for hydroxylation is 1. The van der Waals surface area contributed by atoms with Crippen LogP contribution in [0.15, 0.2) is 17.6 Å². The number of nitrogens with one attached hydrogen (secondary N) is 1. The molecule has 0 amide bonds. The Morgan fingerprint density at radius 1 is 1.62 bits per heavy atom. The number of carbonyl (C=O) groups is 1. The first-order valence-corrected chi connectivity index (χ1v) is 6.21. The Hall–Kier alpha value is -1.01. The van der Waals surface area contributed by atoms with Crippen molar-refractivity contribution in [2.75, 3.05) is 26.4 Å². The van der Waals surface area contributed by atoms with Crippen LogP contribution in [0.1, 0.15) is 6.42 Å². The average Bonchev–Trinajstić information content (AvgIpc) is 2.62. The van der Waals surface area contributed by atoms with Crippen LogP contribution in [-0.2, 0) is 11.3 Å². The van der Waals surface area contributed by atoms with Crippen LogP contribution < -0.4 is 10.0 Å². The van der Waals surface area contributed by atoms with E-state index in [0.717, 1.165) is 24.7 Å². The van der Waals surface area contributed by atoms with Crippen LogP contribution in [0.25, 0.3) is 0 Å². The van der Waals surface area contributed by atoms with Crippen molar-refractivity contribution in [3.63, 3.8) is 0 Å². The molecule has 0 fully saturated rings. The zero-order valence-electron chi connectivity index (χ0n) is 9.60. The Labute approximate surface area is 99.5 Å². The maximum Gasteiger partial charge on any atom is 0.168 e. The first kappa shape index (κ1) is 13.1. The molecule has 1 rings (SSSR count). The third-order valence-corrected chi connectivity index (χ3v) is 3.05. The number of carboxylic acid groups (broad SMARTS) is 1. The lowest BCUT2D eigenvalue weighted by Gasteiger charge is -2.09. The quantitative estimate of drug-likeness (QED) is 0.578. The van der Waals surface area contributed by atoms with Crippen LogP contribution in [-0.4, -0.2) is 41.9 Å². The molecular weight excluding hydrogens is 226 g/mol. The zero-order chi connectivity index (χ0) is 12.0. The summed E-state index contributed by atoms with van der Waals surface area (Å²) in [6, 6.07) is 0. The molecule has 0 aliphatic rings. The number of carbonyl (C=O) groups excluding carboxylic acids is 1. The molecular formula is C10H17N3O2S. The number of imidazole rings is 1. The fraction of sp³-hybridized carbons (Fsp3) is 0.600. The highest BCUT2D eigenvalue weighted by molar-refractivity contribution is 7.99. The fourth-order valence-corrected chi connectivity index (χ4v) is 2.03. The first-order valence-electron chi connectivity index (χ1n) is 5.22. The molecule has 1 N–H and O–H groups in total. The molecule has 1 aromatic heterocycles. The minimum atomic E-state index is -1.06. The molecule has 1 heterocycles. The molecule has 0 unspecified atom stereocenters. The van der Waals surface area contributed by atoms with Crippen molar-refractivity contribution < 1.29 is 14.8 Å². The molecule has 0 aromatic carbocycles. The predicted molar refractivity (Wildman–Crippen MR) is 60.3 cm³/mol. The maximum atomic E-state index is 10.3. The molecule has 5 nitrogen and oxygen atoms in total. The number of hydrogen-bond donors (Lipinski definition) is 1. The van der Waals surface area contributed by atoms with E-state index in [0.29, 0.717) is 0 Å². The molecule has 0 bridgehead atoms. The molecule has 0 saturated heterocycles. The number of hydrogen-bond acceptors (Lipinski definition) is 4. The molecule has 0 atom stereocenters. The van der Waals surface area contributed by atoms with Gasteiger partial charge in [-0.05, 0) is 0 Å². The standard InChI is InChI=1S/C10H17N3O2S/c1-12(2)5-3-6-13-7-4-11-10(13)16-8-9(14)15/h4,7H,3,5-6,8H2,1-2H3,(H,14,15). The lowest BCUT2D eigenvalue weighted by molar-refractivity contribution is -0.858. The first-order chi connectivity index (χ1) is 7.59. The highest BCUT2D eigenvalue weighted by Gasteiger charge is 2.04. The zero-order valence-corrected chi connectivity index (χ0v) is 10.4. The van der Waals surface area contributed by atoms with Crippen molar-refractivity contribution in [3.8, 4) is 0 Å². The number of rotatable bonds is 7. The number of thioether (sulfide) groups is 1. The van der Waals surface area contributed by atoms with E-state index in [9.17, 15) is 9.90 Å². The van der Waals surface area contributed by atoms with E-state index in [1.54, 1.807) is 6.20 Å². The van der Waals surface area contributed by atoms with Gasteiger partial charge in [0.25, 0.3) is 0 Å². The number of nitrogens with zero attached hydrogens (tertiary/aromatic N) is 2. The van der Waals surface area contributed by atoms with Gasteiger partial charge < -0.3 is 19.4 Å². The van der Waals surface area contributed by atoms with Crippen molar-refractivity contribution >= 4 is 17.7 Å². The van der Waals surface area contributed by atoms with Crippen LogP contribution in [0.5, 0.6) is 0 Å². The van der Waals surface area contributed by atoms with E-state index in [2.05, 4.69) is 19.1 Å². The van der Waals surface area contributed by atoms with Crippen LogP contribution in [0, 0.1) is 0 Å². The van der Waals surface area contributed by atoms with Gasteiger partial charge in [-0.3, -0.25) is 0 Å². The second-order valence-electron chi connectivity index (χ2n) is 3.87. The molecule has 0 aliphatic heterocycles. The highest BCUT2D eigenvalue weighted by atomic mass is 32.2. The molecule has 0 radical (unpaired) electrons. The molecule has 16 heavy (non-hydrogen) atoms. The van der Waals surface area contributed by atoms with Gasteiger partial charge in [0, 0.05) is 31.1 Å². The van der Waals surface area contributed by atoms with Gasteiger partial charge in [0.1, 0.15) is 0 Å². The Balaban J connectivity index is 2.40. The SMILES string of the molecule is C[NH+](C)CCCn1ccnc1SCC(=O)[O-]. The topological polar surface area (TPSA) is 62.4 Å². The second kappa shape index (κ2) is 6.55. The summed E-state index contributed by atoms with van der Waals surface area (Å²) in [4.78, 5) is 15.9. The second-order valence-corrected chi connectivity index (χ2v) is 4.82. The molecule has 1 aromatic rings. The van der Waals surface area contributed by atoms with E-state index in [1.165, 1.54) is 16.7 Å². The Morgan fingerprint density at radius 3 is 3.00 bits per heavy atom. The van der Waals surface area contributed by atoms with E-state index >= 15 is 0 Å². The van der Waals surface area contributed by atoms with Gasteiger partial charge in [0.15, 0.2) is 5.16 Å². The third kappa shape index (κ3) is 4.67. The van der Waals surface area contributed by atoms with Crippen LogP contribution in [0.4, 0.5) is 0 Å². The largest absolute Gasteiger partial charge is 0.549 e. The Kier molecular flexibility index (Phi) is 5.34. The molecule has 6 heteroatoms. The Morgan fingerprint density at radius 2 is 2.38 bits per heavy atom. The minimum Gasteiger partial charge on any atom is -0.549 e. The van der Waals surface area contributed by atoms with E-state index < -0.39 is 5.97 Å². The molecule has 90 valence electrons. The summed E-state index contributed by atoms with van der Waals surface area (Å²) in [6.45, 7) is 1.96. The van der Waals surface area contributed by atoms with E-state index in [-0.39, 0.29) is 5.75 Å². The van der Waals surface area contributed by atoms with Gasteiger partial charge in [-0.1, -0.05) is 11.8 Å². The third-order valence-electron chi connectivity index (χ3n) is 2.07. The van der Waals surface area contributed by atoms with Crippen LogP contribution in [0.3, 0.4) is 0 Å². The molecule has 0 spiro atoms. The van der Waals surface area contributed by atoms with Gasteiger partial charge in [-0.2, -0.15) is 0 Å². The van der Waals surface area contributed by atoms with Crippen molar-refractivity contribution in [2.24, 2.45) is 0 Å². The van der Waals surface area contributed by atoms with Crippen LogP contribution in [0.2, 0.25) is 0 Å².